The fourth-order valence-corrected chi connectivity index (χ4v) is 1.67. The molecule has 0 spiro atoms. The normalized spacial score (nSPS) is 19.6. The molecule has 4 nitrogen and oxygen atoms in total. The van der Waals surface area contributed by atoms with Gasteiger partial charge in [-0.05, 0) is 17.7 Å². The lowest BCUT2D eigenvalue weighted by molar-refractivity contribution is -0.120. The number of hydrogen-bond donors (Lipinski definition) is 2. The second-order valence-electron chi connectivity index (χ2n) is 4.00. The number of benzene rings is 1. The zero-order valence-electron chi connectivity index (χ0n) is 9.82. The van der Waals surface area contributed by atoms with E-state index in [0.717, 1.165) is 5.56 Å². The molecule has 1 fully saturated rings. The molecule has 2 rings (SSSR count). The molecule has 1 saturated heterocycles. The predicted octanol–water partition coefficient (Wildman–Crippen LogP) is 0.852. The number of rotatable bonds is 3. The summed E-state index contributed by atoms with van der Waals surface area (Å²) in [5, 5.41) is 5.73. The van der Waals surface area contributed by atoms with Crippen LogP contribution >= 0.6 is 12.4 Å². The van der Waals surface area contributed by atoms with Gasteiger partial charge in [0.2, 0.25) is 5.91 Å². The average molecular weight is 275 g/mol. The minimum atomic E-state index is -0.265. The van der Waals surface area contributed by atoms with E-state index in [0.29, 0.717) is 26.2 Å². The Morgan fingerprint density at radius 2 is 2.22 bits per heavy atom. The molecule has 1 aliphatic heterocycles. The number of carbonyl (C=O) groups excluding carboxylic acids is 1. The van der Waals surface area contributed by atoms with Crippen molar-refractivity contribution in [2.75, 3.05) is 19.6 Å². The third-order valence-corrected chi connectivity index (χ3v) is 2.56. The molecule has 0 aromatic heterocycles. The summed E-state index contributed by atoms with van der Waals surface area (Å²) in [7, 11) is 0. The molecule has 1 aromatic carbocycles. The third kappa shape index (κ3) is 4.60. The first kappa shape index (κ1) is 14.9. The van der Waals surface area contributed by atoms with E-state index in [-0.39, 0.29) is 30.2 Å². The Labute approximate surface area is 111 Å². The van der Waals surface area contributed by atoms with E-state index in [9.17, 15) is 9.18 Å². The van der Waals surface area contributed by atoms with E-state index in [1.54, 1.807) is 6.07 Å². The van der Waals surface area contributed by atoms with Gasteiger partial charge in [0.25, 0.3) is 0 Å². The van der Waals surface area contributed by atoms with Gasteiger partial charge in [0, 0.05) is 13.1 Å². The van der Waals surface area contributed by atoms with Crippen molar-refractivity contribution in [1.29, 1.82) is 0 Å². The van der Waals surface area contributed by atoms with Gasteiger partial charge < -0.3 is 15.4 Å². The lowest BCUT2D eigenvalue weighted by atomic mass is 10.2. The van der Waals surface area contributed by atoms with Crippen LogP contribution in [-0.2, 0) is 16.1 Å². The van der Waals surface area contributed by atoms with Crippen molar-refractivity contribution in [3.63, 3.8) is 0 Å². The molecule has 2 N–H and O–H groups in total. The maximum absolute atomic E-state index is 12.9. The van der Waals surface area contributed by atoms with Gasteiger partial charge in [-0.25, -0.2) is 4.39 Å². The molecule has 0 saturated carbocycles. The summed E-state index contributed by atoms with van der Waals surface area (Å²) in [6.07, 6.45) is -0.0790. The number of nitrogens with one attached hydrogen (secondary N) is 2. The van der Waals surface area contributed by atoms with Crippen LogP contribution in [0.4, 0.5) is 4.39 Å². The van der Waals surface area contributed by atoms with Crippen LogP contribution in [0.5, 0.6) is 0 Å². The smallest absolute Gasteiger partial charge is 0.234 e. The first-order valence-corrected chi connectivity index (χ1v) is 5.57. The zero-order valence-corrected chi connectivity index (χ0v) is 10.6. The number of hydrogen-bond acceptors (Lipinski definition) is 3. The monoisotopic (exact) mass is 274 g/mol. The molecule has 1 amide bonds. The quantitative estimate of drug-likeness (QED) is 0.859. The first-order chi connectivity index (χ1) is 8.24. The highest BCUT2D eigenvalue weighted by molar-refractivity contribution is 5.85. The van der Waals surface area contributed by atoms with Gasteiger partial charge in [-0.3, -0.25) is 4.79 Å². The van der Waals surface area contributed by atoms with Gasteiger partial charge in [-0.15, -0.1) is 12.4 Å². The Morgan fingerprint density at radius 3 is 3.00 bits per heavy atom. The van der Waals surface area contributed by atoms with E-state index in [2.05, 4.69) is 10.6 Å². The van der Waals surface area contributed by atoms with Crippen LogP contribution < -0.4 is 10.6 Å². The Hall–Kier alpha value is -1.17. The molecule has 1 unspecified atom stereocenters. The summed E-state index contributed by atoms with van der Waals surface area (Å²) in [4.78, 5) is 11.1. The average Bonchev–Trinajstić information content (AvgIpc) is 2.52. The van der Waals surface area contributed by atoms with E-state index < -0.39 is 0 Å². The third-order valence-electron chi connectivity index (χ3n) is 2.56. The van der Waals surface area contributed by atoms with Gasteiger partial charge in [-0.1, -0.05) is 12.1 Å². The molecule has 0 radical (unpaired) electrons. The van der Waals surface area contributed by atoms with E-state index in [1.807, 2.05) is 6.07 Å². The molecule has 6 heteroatoms. The van der Waals surface area contributed by atoms with Crippen LogP contribution in [0.3, 0.4) is 0 Å². The second-order valence-corrected chi connectivity index (χ2v) is 4.00. The van der Waals surface area contributed by atoms with Crippen LogP contribution in [-0.4, -0.2) is 31.6 Å². The van der Waals surface area contributed by atoms with E-state index in [1.165, 1.54) is 12.1 Å². The fourth-order valence-electron chi connectivity index (χ4n) is 1.67. The van der Waals surface area contributed by atoms with Crippen molar-refractivity contribution in [3.8, 4) is 0 Å². The summed E-state index contributed by atoms with van der Waals surface area (Å²) in [5.41, 5.74) is 0.792. The maximum Gasteiger partial charge on any atom is 0.234 e. The van der Waals surface area contributed by atoms with E-state index in [4.69, 9.17) is 4.74 Å². The molecular formula is C12H16ClFN2O2. The fraction of sp³-hybridized carbons (Fsp3) is 0.417. The topological polar surface area (TPSA) is 50.4 Å². The Bertz CT molecular complexity index is 403. The van der Waals surface area contributed by atoms with Crippen molar-refractivity contribution in [2.45, 2.75) is 12.7 Å². The predicted molar refractivity (Wildman–Crippen MR) is 68.1 cm³/mol. The standard InChI is InChI=1S/C12H15FN2O2.ClH/c13-10-3-1-2-9(4-10)8-17-11-5-14-7-12(16)15-6-11;/h1-4,11,14H,5-8H2,(H,15,16);1H. The molecule has 0 aliphatic carbocycles. The Kier molecular flexibility index (Phi) is 6.04. The minimum Gasteiger partial charge on any atom is -0.370 e. The van der Waals surface area contributed by atoms with Crippen LogP contribution in [0.1, 0.15) is 5.56 Å². The second kappa shape index (κ2) is 7.31. The van der Waals surface area contributed by atoms with Crippen LogP contribution in [0.2, 0.25) is 0 Å². The van der Waals surface area contributed by atoms with Crippen molar-refractivity contribution in [2.24, 2.45) is 0 Å². The van der Waals surface area contributed by atoms with Crippen LogP contribution in [0.25, 0.3) is 0 Å². The van der Waals surface area contributed by atoms with E-state index >= 15 is 0 Å². The van der Waals surface area contributed by atoms with Crippen LogP contribution in [0, 0.1) is 5.82 Å². The maximum atomic E-state index is 12.9. The first-order valence-electron chi connectivity index (χ1n) is 5.57. The summed E-state index contributed by atoms with van der Waals surface area (Å²) >= 11 is 0. The largest absolute Gasteiger partial charge is 0.370 e. The summed E-state index contributed by atoms with van der Waals surface area (Å²) in [5.74, 6) is -0.291. The summed E-state index contributed by atoms with van der Waals surface area (Å²) in [6, 6.07) is 6.31. The van der Waals surface area contributed by atoms with Crippen molar-refractivity contribution in [1.82, 2.24) is 10.6 Å². The highest BCUT2D eigenvalue weighted by Gasteiger charge is 2.15. The number of amides is 1. The molecule has 100 valence electrons. The van der Waals surface area contributed by atoms with Gasteiger partial charge in [0.1, 0.15) is 5.82 Å². The molecule has 1 aliphatic rings. The molecule has 1 aromatic rings. The van der Waals surface area contributed by atoms with Crippen molar-refractivity contribution < 1.29 is 13.9 Å². The summed E-state index contributed by atoms with van der Waals surface area (Å²) < 4.78 is 18.5. The summed E-state index contributed by atoms with van der Waals surface area (Å²) in [6.45, 7) is 1.77. The van der Waals surface area contributed by atoms with Crippen LogP contribution in [0.15, 0.2) is 24.3 Å². The lowest BCUT2D eigenvalue weighted by Crippen LogP contribution is -2.32. The van der Waals surface area contributed by atoms with Gasteiger partial charge in [-0.2, -0.15) is 0 Å². The molecule has 18 heavy (non-hydrogen) atoms. The zero-order chi connectivity index (χ0) is 12.1. The molecule has 1 heterocycles. The van der Waals surface area contributed by atoms with Gasteiger partial charge in [0.05, 0.1) is 19.3 Å². The highest BCUT2D eigenvalue weighted by Crippen LogP contribution is 2.06. The molecule has 1 atom stereocenters. The van der Waals surface area contributed by atoms with Crippen molar-refractivity contribution in [3.05, 3.63) is 35.6 Å². The number of ether oxygens (including phenoxy) is 1. The van der Waals surface area contributed by atoms with Crippen molar-refractivity contribution >= 4 is 18.3 Å². The van der Waals surface area contributed by atoms with Gasteiger partial charge in [0.15, 0.2) is 0 Å². The highest BCUT2D eigenvalue weighted by atomic mass is 35.5. The minimum absolute atomic E-state index is 0. The number of carbonyl (C=O) groups is 1. The van der Waals surface area contributed by atoms with Gasteiger partial charge >= 0.3 is 0 Å². The SMILES string of the molecule is Cl.O=C1CNCC(OCc2cccc(F)c2)CN1. The Balaban J connectivity index is 0.00000162. The lowest BCUT2D eigenvalue weighted by Gasteiger charge is -2.15. The molecule has 0 bridgehead atoms. The molecular weight excluding hydrogens is 259 g/mol. The number of halogens is 2. The Morgan fingerprint density at radius 1 is 1.39 bits per heavy atom.